The third-order valence-corrected chi connectivity index (χ3v) is 4.65. The van der Waals surface area contributed by atoms with Crippen LogP contribution in [0.1, 0.15) is 24.0 Å². The second-order valence-electron chi connectivity index (χ2n) is 6.83. The van der Waals surface area contributed by atoms with Gasteiger partial charge in [0, 0.05) is 12.6 Å². The number of benzene rings is 1. The van der Waals surface area contributed by atoms with Gasteiger partial charge in [0.05, 0.1) is 6.54 Å². The van der Waals surface area contributed by atoms with Crippen molar-refractivity contribution in [1.29, 1.82) is 0 Å². The zero-order chi connectivity index (χ0) is 20.6. The molecule has 3 rings (SSSR count). The van der Waals surface area contributed by atoms with Gasteiger partial charge in [0.25, 0.3) is 5.91 Å². The lowest BCUT2D eigenvalue weighted by atomic mass is 9.91. The van der Waals surface area contributed by atoms with Crippen LogP contribution >= 0.6 is 0 Å². The highest BCUT2D eigenvalue weighted by molar-refractivity contribution is 6.09. The molecule has 0 radical (unpaired) electrons. The zero-order valence-electron chi connectivity index (χ0n) is 15.6. The second kappa shape index (κ2) is 7.06. The molecule has 9 heteroatoms. The van der Waals surface area contributed by atoms with Gasteiger partial charge in [-0.15, -0.1) is 0 Å². The van der Waals surface area contributed by atoms with Crippen molar-refractivity contribution in [3.63, 3.8) is 0 Å². The van der Waals surface area contributed by atoms with Gasteiger partial charge in [-0.3, -0.25) is 14.5 Å². The first-order valence-electron chi connectivity index (χ1n) is 8.50. The second-order valence-corrected chi connectivity index (χ2v) is 6.83. The number of nitrogens with zero attached hydrogens (tertiary/aromatic N) is 2. The highest BCUT2D eigenvalue weighted by Gasteiger charge is 2.51. The number of nitrogens with one attached hydrogen (secondary N) is 1. The quantitative estimate of drug-likeness (QED) is 0.793. The number of imide groups is 1. The van der Waals surface area contributed by atoms with Crippen molar-refractivity contribution in [1.82, 2.24) is 15.1 Å². The zero-order valence-corrected chi connectivity index (χ0v) is 15.6. The van der Waals surface area contributed by atoms with Gasteiger partial charge in [-0.2, -0.15) is 0 Å². The number of urea groups is 1. The van der Waals surface area contributed by atoms with E-state index in [-0.39, 0.29) is 12.1 Å². The van der Waals surface area contributed by atoms with Gasteiger partial charge in [0.15, 0.2) is 0 Å². The summed E-state index contributed by atoms with van der Waals surface area (Å²) in [5.41, 5.74) is -2.11. The molecule has 0 unspecified atom stereocenters. The van der Waals surface area contributed by atoms with Gasteiger partial charge < -0.3 is 14.6 Å². The number of hydrogen-bond donors (Lipinski definition) is 1. The van der Waals surface area contributed by atoms with E-state index < -0.39 is 41.6 Å². The number of aryl methyl sites for hydroxylation is 1. The topological polar surface area (TPSA) is 82.9 Å². The molecule has 0 aliphatic carbocycles. The fraction of sp³-hybridized carbons (Fsp3) is 0.316. The number of likely N-dealkylation sites (N-methyl/N-ethyl adjacent to an activating group) is 1. The molecule has 0 spiro atoms. The highest BCUT2D eigenvalue weighted by atomic mass is 19.1. The average molecular weight is 391 g/mol. The molecule has 2 aromatic rings. The Morgan fingerprint density at radius 2 is 1.96 bits per heavy atom. The van der Waals surface area contributed by atoms with Crippen LogP contribution in [0.4, 0.5) is 13.6 Å². The van der Waals surface area contributed by atoms with E-state index in [1.54, 1.807) is 19.1 Å². The first-order chi connectivity index (χ1) is 13.1. The first-order valence-corrected chi connectivity index (χ1v) is 8.50. The van der Waals surface area contributed by atoms with Crippen molar-refractivity contribution in [3.05, 3.63) is 59.1 Å². The molecular formula is C19H19F2N3O4. The van der Waals surface area contributed by atoms with Crippen molar-refractivity contribution in [2.24, 2.45) is 0 Å². The van der Waals surface area contributed by atoms with Crippen molar-refractivity contribution in [2.45, 2.75) is 25.9 Å². The molecule has 1 aliphatic heterocycles. The predicted molar refractivity (Wildman–Crippen MR) is 93.9 cm³/mol. The van der Waals surface area contributed by atoms with Gasteiger partial charge in [0.1, 0.15) is 35.2 Å². The van der Waals surface area contributed by atoms with Crippen molar-refractivity contribution >= 4 is 17.8 Å². The van der Waals surface area contributed by atoms with Crippen LogP contribution in [0.5, 0.6) is 0 Å². The SMILES string of the molecule is Cc1ccc(CN(C)C(=O)CN2C(=O)N[C@](C)(c3cc(F)ccc3F)C2=O)o1. The monoisotopic (exact) mass is 391 g/mol. The molecule has 1 saturated heterocycles. The number of halogens is 2. The Morgan fingerprint density at radius 3 is 2.61 bits per heavy atom. The van der Waals surface area contributed by atoms with E-state index in [0.29, 0.717) is 16.4 Å². The minimum Gasteiger partial charge on any atom is -0.464 e. The summed E-state index contributed by atoms with van der Waals surface area (Å²) in [6.07, 6.45) is 0. The Balaban J connectivity index is 1.76. The molecule has 7 nitrogen and oxygen atoms in total. The van der Waals surface area contributed by atoms with E-state index in [4.69, 9.17) is 4.42 Å². The lowest BCUT2D eigenvalue weighted by Crippen LogP contribution is -2.44. The molecule has 148 valence electrons. The maximum Gasteiger partial charge on any atom is 0.325 e. The molecule has 1 aliphatic rings. The van der Waals surface area contributed by atoms with Gasteiger partial charge in [-0.05, 0) is 44.2 Å². The van der Waals surface area contributed by atoms with Crippen LogP contribution in [-0.4, -0.2) is 41.2 Å². The maximum absolute atomic E-state index is 14.2. The Kier molecular flexibility index (Phi) is 4.93. The highest BCUT2D eigenvalue weighted by Crippen LogP contribution is 2.31. The summed E-state index contributed by atoms with van der Waals surface area (Å²) in [6, 6.07) is 5.26. The van der Waals surface area contributed by atoms with Crippen molar-refractivity contribution in [3.8, 4) is 0 Å². The summed E-state index contributed by atoms with van der Waals surface area (Å²) in [5.74, 6) is -1.69. The smallest absolute Gasteiger partial charge is 0.325 e. The third kappa shape index (κ3) is 3.47. The minimum atomic E-state index is -1.81. The first kappa shape index (κ1) is 19.5. The van der Waals surface area contributed by atoms with E-state index >= 15 is 0 Å². The Bertz CT molecular complexity index is 958. The maximum atomic E-state index is 14.2. The largest absolute Gasteiger partial charge is 0.464 e. The number of carbonyl (C=O) groups excluding carboxylic acids is 3. The molecule has 1 aromatic heterocycles. The van der Waals surface area contributed by atoms with Gasteiger partial charge >= 0.3 is 6.03 Å². The van der Waals surface area contributed by atoms with E-state index in [1.807, 2.05) is 0 Å². The molecule has 1 aromatic carbocycles. The molecule has 2 heterocycles. The number of furan rings is 1. The van der Waals surface area contributed by atoms with Crippen LogP contribution < -0.4 is 5.32 Å². The van der Waals surface area contributed by atoms with Crippen molar-refractivity contribution < 1.29 is 27.6 Å². The Morgan fingerprint density at radius 1 is 1.25 bits per heavy atom. The summed E-state index contributed by atoms with van der Waals surface area (Å²) < 4.78 is 33.1. The molecule has 28 heavy (non-hydrogen) atoms. The van der Waals surface area contributed by atoms with Crippen LogP contribution in [0.3, 0.4) is 0 Å². The molecule has 0 bridgehead atoms. The third-order valence-electron chi connectivity index (χ3n) is 4.65. The average Bonchev–Trinajstić information content (AvgIpc) is 3.13. The van der Waals surface area contributed by atoms with Crippen LogP contribution in [0.25, 0.3) is 0 Å². The summed E-state index contributed by atoms with van der Waals surface area (Å²) >= 11 is 0. The van der Waals surface area contributed by atoms with E-state index in [2.05, 4.69) is 5.32 Å². The lowest BCUT2D eigenvalue weighted by molar-refractivity contribution is -0.138. The minimum absolute atomic E-state index is 0.159. The Labute approximate surface area is 159 Å². The number of amides is 4. The Hall–Kier alpha value is -3.23. The summed E-state index contributed by atoms with van der Waals surface area (Å²) in [4.78, 5) is 39.5. The predicted octanol–water partition coefficient (Wildman–Crippen LogP) is 2.29. The summed E-state index contributed by atoms with van der Waals surface area (Å²) in [6.45, 7) is 2.66. The summed E-state index contributed by atoms with van der Waals surface area (Å²) in [7, 11) is 1.50. The number of carbonyl (C=O) groups is 3. The molecule has 1 N–H and O–H groups in total. The lowest BCUT2D eigenvalue weighted by Gasteiger charge is -2.23. The molecule has 1 fully saturated rings. The number of hydrogen-bond acceptors (Lipinski definition) is 4. The van der Waals surface area contributed by atoms with E-state index in [9.17, 15) is 23.2 Å². The van der Waals surface area contributed by atoms with Crippen LogP contribution in [0, 0.1) is 18.6 Å². The number of rotatable bonds is 5. The van der Waals surface area contributed by atoms with Gasteiger partial charge in [0.2, 0.25) is 5.91 Å². The van der Waals surface area contributed by atoms with Crippen LogP contribution in [-0.2, 0) is 21.7 Å². The normalized spacial score (nSPS) is 19.1. The fourth-order valence-electron chi connectivity index (χ4n) is 3.05. The molecular weight excluding hydrogens is 372 g/mol. The molecule has 0 saturated carbocycles. The fourth-order valence-corrected chi connectivity index (χ4v) is 3.05. The van der Waals surface area contributed by atoms with E-state index in [0.717, 1.165) is 18.2 Å². The summed E-state index contributed by atoms with van der Waals surface area (Å²) in [5, 5.41) is 2.35. The molecule has 1 atom stereocenters. The van der Waals surface area contributed by atoms with Crippen LogP contribution in [0.15, 0.2) is 34.7 Å². The van der Waals surface area contributed by atoms with Gasteiger partial charge in [-0.1, -0.05) is 0 Å². The van der Waals surface area contributed by atoms with Crippen molar-refractivity contribution in [2.75, 3.05) is 13.6 Å². The van der Waals surface area contributed by atoms with Gasteiger partial charge in [-0.25, -0.2) is 13.6 Å². The van der Waals surface area contributed by atoms with E-state index in [1.165, 1.54) is 18.9 Å². The molecule has 4 amide bonds. The van der Waals surface area contributed by atoms with Crippen LogP contribution in [0.2, 0.25) is 0 Å². The standard InChI is InChI=1S/C19H19F2N3O4/c1-11-4-6-13(28-11)9-23(3)16(25)10-24-17(26)19(2,22-18(24)27)14-8-12(20)5-7-15(14)21/h4-8H,9-10H2,1-3H3,(H,22,27)/t19-/m1/s1.